The molecule has 1 unspecified atom stereocenters. The van der Waals surface area contributed by atoms with E-state index in [9.17, 15) is 14.4 Å². The summed E-state index contributed by atoms with van der Waals surface area (Å²) in [6.07, 6.45) is 0. The first-order chi connectivity index (χ1) is 18.1. The number of thioether (sulfide) groups is 1. The minimum atomic E-state index is -0.471. The molecule has 0 saturated heterocycles. The fourth-order valence-corrected chi connectivity index (χ4v) is 5.06. The van der Waals surface area contributed by atoms with E-state index in [0.29, 0.717) is 46.2 Å². The van der Waals surface area contributed by atoms with Gasteiger partial charge in [0.25, 0.3) is 11.5 Å². The highest BCUT2D eigenvalue weighted by Crippen LogP contribution is 2.26. The Kier molecular flexibility index (Phi) is 8.47. The van der Waals surface area contributed by atoms with Gasteiger partial charge >= 0.3 is 0 Å². The number of carbonyl (C=O) groups excluding carboxylic acids is 2. The Morgan fingerprint density at radius 2 is 1.63 bits per heavy atom. The predicted octanol–water partition coefficient (Wildman–Crippen LogP) is 5.81. The molecule has 0 saturated carbocycles. The van der Waals surface area contributed by atoms with E-state index in [2.05, 4.69) is 5.32 Å². The summed E-state index contributed by atoms with van der Waals surface area (Å²) >= 11 is 1.26. The van der Waals surface area contributed by atoms with Crippen molar-refractivity contribution in [1.82, 2.24) is 14.9 Å². The van der Waals surface area contributed by atoms with Crippen molar-refractivity contribution in [2.75, 3.05) is 6.54 Å². The Balaban J connectivity index is 1.74. The standard InChI is InChI=1S/C31H33N3O3S/c1-19(2)17-32-29(36)25-13-14-26-27(16-25)33-31(34(30(26)37)18-23-9-7-6-8-10-23)38-22(5)28(35)24-12-11-20(3)21(4)15-24/h6-16,19,22H,17-18H2,1-5H3,(H,32,36). The Morgan fingerprint density at radius 1 is 0.921 bits per heavy atom. The molecule has 7 heteroatoms. The highest BCUT2D eigenvalue weighted by atomic mass is 32.2. The van der Waals surface area contributed by atoms with Gasteiger partial charge < -0.3 is 5.32 Å². The minimum Gasteiger partial charge on any atom is -0.352 e. The summed E-state index contributed by atoms with van der Waals surface area (Å²) in [5, 5.41) is 3.31. The monoisotopic (exact) mass is 527 g/mol. The molecule has 1 amide bonds. The summed E-state index contributed by atoms with van der Waals surface area (Å²) in [5.41, 5.74) is 4.45. The number of Topliss-reactive ketones (excluding diaryl/α,β-unsaturated/α-hetero) is 1. The molecule has 4 aromatic rings. The number of benzene rings is 3. The first kappa shape index (κ1) is 27.3. The van der Waals surface area contributed by atoms with Crippen molar-refractivity contribution < 1.29 is 9.59 Å². The highest BCUT2D eigenvalue weighted by molar-refractivity contribution is 8.00. The van der Waals surface area contributed by atoms with Gasteiger partial charge in [0.2, 0.25) is 0 Å². The number of rotatable bonds is 9. The number of fused-ring (bicyclic) bond motifs is 1. The molecule has 0 fully saturated rings. The van der Waals surface area contributed by atoms with E-state index in [-0.39, 0.29) is 17.2 Å². The SMILES string of the molecule is Cc1ccc(C(=O)C(C)Sc2nc3cc(C(=O)NCC(C)C)ccc3c(=O)n2Cc2ccccc2)cc1C. The van der Waals surface area contributed by atoms with E-state index in [1.807, 2.05) is 83.1 Å². The molecule has 3 aromatic carbocycles. The third-order valence-electron chi connectivity index (χ3n) is 6.48. The van der Waals surface area contributed by atoms with Crippen LogP contribution in [0.1, 0.15) is 58.2 Å². The van der Waals surface area contributed by atoms with Gasteiger partial charge in [-0.25, -0.2) is 4.98 Å². The van der Waals surface area contributed by atoms with Crippen LogP contribution in [0.3, 0.4) is 0 Å². The summed E-state index contributed by atoms with van der Waals surface area (Å²) in [6, 6.07) is 20.4. The molecule has 1 aromatic heterocycles. The second-order valence-corrected chi connectivity index (χ2v) is 11.3. The van der Waals surface area contributed by atoms with Crippen molar-refractivity contribution in [1.29, 1.82) is 0 Å². The molecule has 196 valence electrons. The second kappa shape index (κ2) is 11.8. The maximum Gasteiger partial charge on any atom is 0.262 e. The number of nitrogens with zero attached hydrogens (tertiary/aromatic N) is 2. The van der Waals surface area contributed by atoms with Crippen molar-refractivity contribution in [3.63, 3.8) is 0 Å². The molecule has 0 radical (unpaired) electrons. The van der Waals surface area contributed by atoms with E-state index in [4.69, 9.17) is 4.98 Å². The molecule has 1 heterocycles. The smallest absolute Gasteiger partial charge is 0.262 e. The van der Waals surface area contributed by atoms with Crippen molar-refractivity contribution >= 4 is 34.4 Å². The lowest BCUT2D eigenvalue weighted by Gasteiger charge is -2.17. The zero-order valence-corrected chi connectivity index (χ0v) is 23.3. The normalized spacial score (nSPS) is 12.1. The maximum absolute atomic E-state index is 13.7. The highest BCUT2D eigenvalue weighted by Gasteiger charge is 2.22. The lowest BCUT2D eigenvalue weighted by atomic mass is 10.0. The molecule has 1 N–H and O–H groups in total. The number of aromatic nitrogens is 2. The van der Waals surface area contributed by atoms with Gasteiger partial charge in [-0.05, 0) is 67.6 Å². The van der Waals surface area contributed by atoms with Gasteiger partial charge in [-0.2, -0.15) is 0 Å². The molecule has 0 aliphatic heterocycles. The van der Waals surface area contributed by atoms with Crippen molar-refractivity contribution in [2.45, 2.75) is 51.6 Å². The zero-order chi connectivity index (χ0) is 27.4. The third-order valence-corrected chi connectivity index (χ3v) is 7.57. The molecule has 6 nitrogen and oxygen atoms in total. The molecular weight excluding hydrogens is 494 g/mol. The average molecular weight is 528 g/mol. The summed E-state index contributed by atoms with van der Waals surface area (Å²) < 4.78 is 1.62. The van der Waals surface area contributed by atoms with Crippen LogP contribution in [0.5, 0.6) is 0 Å². The van der Waals surface area contributed by atoms with Gasteiger partial charge in [0.1, 0.15) is 0 Å². The van der Waals surface area contributed by atoms with Crippen LogP contribution in [0.25, 0.3) is 10.9 Å². The minimum absolute atomic E-state index is 0.0273. The molecule has 0 spiro atoms. The molecule has 0 bridgehead atoms. The number of aryl methyl sites for hydroxylation is 2. The van der Waals surface area contributed by atoms with Gasteiger partial charge in [0.05, 0.1) is 22.7 Å². The third kappa shape index (κ3) is 6.22. The molecule has 0 aliphatic rings. The molecule has 1 atom stereocenters. The Morgan fingerprint density at radius 3 is 2.32 bits per heavy atom. The summed E-state index contributed by atoms with van der Waals surface area (Å²) in [6.45, 7) is 10.8. The Labute approximate surface area is 227 Å². The van der Waals surface area contributed by atoms with E-state index >= 15 is 0 Å². The fraction of sp³-hybridized carbons (Fsp3) is 0.290. The zero-order valence-electron chi connectivity index (χ0n) is 22.4. The van der Waals surface area contributed by atoms with Gasteiger partial charge in [-0.3, -0.25) is 19.0 Å². The van der Waals surface area contributed by atoms with Crippen LogP contribution in [0, 0.1) is 19.8 Å². The summed E-state index contributed by atoms with van der Waals surface area (Å²) in [5.74, 6) is 0.0888. The maximum atomic E-state index is 13.7. The van der Waals surface area contributed by atoms with Crippen molar-refractivity contribution in [3.8, 4) is 0 Å². The number of hydrogen-bond donors (Lipinski definition) is 1. The number of carbonyl (C=O) groups is 2. The molecule has 38 heavy (non-hydrogen) atoms. The Bertz CT molecular complexity index is 1540. The topological polar surface area (TPSA) is 81.1 Å². The number of nitrogens with one attached hydrogen (secondary N) is 1. The van der Waals surface area contributed by atoms with Gasteiger partial charge in [-0.1, -0.05) is 68.1 Å². The van der Waals surface area contributed by atoms with Crippen LogP contribution in [-0.2, 0) is 6.54 Å². The predicted molar refractivity (Wildman–Crippen MR) is 154 cm³/mol. The lowest BCUT2D eigenvalue weighted by Crippen LogP contribution is -2.28. The van der Waals surface area contributed by atoms with Crippen LogP contribution >= 0.6 is 11.8 Å². The van der Waals surface area contributed by atoms with Crippen LogP contribution in [0.15, 0.2) is 76.7 Å². The van der Waals surface area contributed by atoms with Crippen molar-refractivity contribution in [2.24, 2.45) is 5.92 Å². The van der Waals surface area contributed by atoms with Gasteiger partial charge in [-0.15, -0.1) is 0 Å². The fourth-order valence-electron chi connectivity index (χ4n) is 4.08. The molecule has 4 rings (SSSR count). The lowest BCUT2D eigenvalue weighted by molar-refractivity contribution is 0.0948. The first-order valence-electron chi connectivity index (χ1n) is 12.8. The quantitative estimate of drug-likeness (QED) is 0.169. The van der Waals surface area contributed by atoms with Crippen molar-refractivity contribution in [3.05, 3.63) is 105 Å². The summed E-state index contributed by atoms with van der Waals surface area (Å²) in [4.78, 5) is 44.5. The number of amides is 1. The van der Waals surface area contributed by atoms with E-state index in [0.717, 1.165) is 16.7 Å². The first-order valence-corrected chi connectivity index (χ1v) is 13.7. The van der Waals surface area contributed by atoms with Gasteiger partial charge in [0, 0.05) is 17.7 Å². The van der Waals surface area contributed by atoms with Gasteiger partial charge in [0.15, 0.2) is 10.9 Å². The number of hydrogen-bond acceptors (Lipinski definition) is 5. The van der Waals surface area contributed by atoms with E-state index in [1.165, 1.54) is 11.8 Å². The summed E-state index contributed by atoms with van der Waals surface area (Å²) in [7, 11) is 0. The number of ketones is 1. The Hall–Kier alpha value is -3.71. The molecule has 0 aliphatic carbocycles. The van der Waals surface area contributed by atoms with Crippen LogP contribution in [0.2, 0.25) is 0 Å². The van der Waals surface area contributed by atoms with E-state index in [1.54, 1.807) is 22.8 Å². The largest absolute Gasteiger partial charge is 0.352 e. The molecular formula is C31H33N3O3S. The second-order valence-electron chi connectivity index (χ2n) is 10.0. The van der Waals surface area contributed by atoms with Crippen LogP contribution < -0.4 is 10.9 Å². The average Bonchev–Trinajstić information content (AvgIpc) is 2.90. The van der Waals surface area contributed by atoms with Crippen LogP contribution in [-0.4, -0.2) is 33.0 Å². The van der Waals surface area contributed by atoms with E-state index < -0.39 is 5.25 Å². The van der Waals surface area contributed by atoms with Crippen LogP contribution in [0.4, 0.5) is 0 Å².